The Hall–Kier alpha value is -3.02. The number of anilines is 1. The van der Waals surface area contributed by atoms with Gasteiger partial charge in [0.25, 0.3) is 0 Å². The van der Waals surface area contributed by atoms with Gasteiger partial charge in [-0.1, -0.05) is 35.9 Å². The minimum Gasteiger partial charge on any atom is -0.388 e. The normalized spacial score (nSPS) is 28.6. The topological polar surface area (TPSA) is 75.6 Å². The van der Waals surface area contributed by atoms with Gasteiger partial charge in [0.1, 0.15) is 6.10 Å². The molecule has 2 aliphatic heterocycles. The van der Waals surface area contributed by atoms with E-state index in [0.29, 0.717) is 34.4 Å². The van der Waals surface area contributed by atoms with Crippen molar-refractivity contribution in [1.29, 1.82) is 0 Å². The van der Waals surface area contributed by atoms with E-state index in [4.69, 9.17) is 4.74 Å². The number of aliphatic hydroxyl groups excluding tert-OH is 1. The van der Waals surface area contributed by atoms with Crippen LogP contribution in [0.4, 0.5) is 5.69 Å². The summed E-state index contributed by atoms with van der Waals surface area (Å²) >= 11 is 0. The minimum absolute atomic E-state index is 0.139. The molecule has 156 valence electrons. The first kappa shape index (κ1) is 18.7. The molecule has 4 atom stereocenters. The molecule has 2 heterocycles. The number of hydrogen-bond acceptors (Lipinski definition) is 5. The molecule has 1 saturated heterocycles. The summed E-state index contributed by atoms with van der Waals surface area (Å²) in [6, 6.07) is 13.2. The molecule has 1 aliphatic carbocycles. The van der Waals surface area contributed by atoms with Crippen LogP contribution in [0.1, 0.15) is 69.3 Å². The second kappa shape index (κ2) is 6.02. The third-order valence-electron chi connectivity index (χ3n) is 7.20. The first-order chi connectivity index (χ1) is 14.8. The van der Waals surface area contributed by atoms with Crippen LogP contribution in [0.3, 0.4) is 0 Å². The van der Waals surface area contributed by atoms with Gasteiger partial charge in [-0.15, -0.1) is 0 Å². The Labute approximate surface area is 180 Å². The average Bonchev–Trinajstić information content (AvgIpc) is 2.74. The van der Waals surface area contributed by atoms with Crippen molar-refractivity contribution in [3.8, 4) is 0 Å². The molecule has 2 bridgehead atoms. The Bertz CT molecular complexity index is 1330. The van der Waals surface area contributed by atoms with Crippen molar-refractivity contribution in [2.75, 3.05) is 5.32 Å². The number of ketones is 2. The summed E-state index contributed by atoms with van der Waals surface area (Å²) in [5.41, 5.74) is 3.67. The van der Waals surface area contributed by atoms with E-state index in [1.807, 2.05) is 51.1 Å². The second-order valence-corrected chi connectivity index (χ2v) is 9.34. The zero-order valence-electron chi connectivity index (χ0n) is 17.7. The van der Waals surface area contributed by atoms with Gasteiger partial charge in [0.05, 0.1) is 29.0 Å². The van der Waals surface area contributed by atoms with Crippen molar-refractivity contribution in [3.05, 3.63) is 75.8 Å². The van der Waals surface area contributed by atoms with Gasteiger partial charge in [0.2, 0.25) is 0 Å². The van der Waals surface area contributed by atoms with Gasteiger partial charge >= 0.3 is 0 Å². The lowest BCUT2D eigenvalue weighted by Crippen LogP contribution is -2.59. The van der Waals surface area contributed by atoms with Crippen LogP contribution < -0.4 is 5.32 Å². The second-order valence-electron chi connectivity index (χ2n) is 9.34. The first-order valence-electron chi connectivity index (χ1n) is 10.7. The fourth-order valence-corrected chi connectivity index (χ4v) is 5.60. The van der Waals surface area contributed by atoms with E-state index >= 15 is 0 Å². The molecular weight excluding hydrogens is 390 g/mol. The smallest absolute Gasteiger partial charge is 0.196 e. The zero-order chi connectivity index (χ0) is 21.7. The predicted octanol–water partition coefficient (Wildman–Crippen LogP) is 4.32. The largest absolute Gasteiger partial charge is 0.388 e. The summed E-state index contributed by atoms with van der Waals surface area (Å²) in [4.78, 5) is 27.3. The van der Waals surface area contributed by atoms with Crippen LogP contribution in [0.2, 0.25) is 0 Å². The summed E-state index contributed by atoms with van der Waals surface area (Å²) in [5, 5.41) is 15.9. The van der Waals surface area contributed by atoms with Crippen LogP contribution in [0.15, 0.2) is 42.5 Å². The molecule has 0 amide bonds. The third kappa shape index (κ3) is 2.39. The first-order valence-corrected chi connectivity index (χ1v) is 10.7. The number of ether oxygens (including phenoxy) is 1. The lowest BCUT2D eigenvalue weighted by molar-refractivity contribution is -0.142. The monoisotopic (exact) mass is 413 g/mol. The Morgan fingerprint density at radius 3 is 2.55 bits per heavy atom. The predicted molar refractivity (Wildman–Crippen MR) is 118 cm³/mol. The Kier molecular flexibility index (Phi) is 3.64. The maximum absolute atomic E-state index is 13.7. The molecule has 1 fully saturated rings. The molecule has 4 unspecified atom stereocenters. The molecule has 3 aromatic carbocycles. The van der Waals surface area contributed by atoms with E-state index in [-0.39, 0.29) is 23.8 Å². The van der Waals surface area contributed by atoms with Gasteiger partial charge in [0, 0.05) is 28.7 Å². The van der Waals surface area contributed by atoms with E-state index in [0.717, 1.165) is 21.9 Å². The SMILES string of the molecule is Cc1ccc2c3c(ccc2c1)C(=O)c1c(ccc2c1NC1(C)CC2OC(C)C1O)C3=O. The van der Waals surface area contributed by atoms with Crippen molar-refractivity contribution < 1.29 is 19.4 Å². The van der Waals surface area contributed by atoms with Crippen LogP contribution in [0.25, 0.3) is 10.8 Å². The number of aryl methyl sites for hydroxylation is 1. The molecule has 0 radical (unpaired) electrons. The maximum Gasteiger partial charge on any atom is 0.196 e. The molecule has 0 aromatic heterocycles. The quantitative estimate of drug-likeness (QED) is 0.449. The number of fused-ring (bicyclic) bond motifs is 9. The zero-order valence-corrected chi connectivity index (χ0v) is 17.7. The number of benzene rings is 3. The van der Waals surface area contributed by atoms with Crippen LogP contribution in [-0.2, 0) is 4.74 Å². The summed E-state index contributed by atoms with van der Waals surface area (Å²) in [7, 11) is 0. The molecule has 2 N–H and O–H groups in total. The number of nitrogens with one attached hydrogen (secondary N) is 1. The van der Waals surface area contributed by atoms with E-state index in [9.17, 15) is 14.7 Å². The standard InChI is InChI=1S/C26H23NO4/c1-12-4-6-15-14(10-12)5-7-17-20(15)23(28)18-9-8-16-19-11-26(3,25(30)13(2)31-19)27-22(16)21(18)24(17)29/h4-10,13,19,25,27,30H,11H2,1-3H3. The summed E-state index contributed by atoms with van der Waals surface area (Å²) in [6.07, 6.45) is -0.670. The van der Waals surface area contributed by atoms with Gasteiger partial charge in [0.15, 0.2) is 11.6 Å². The molecule has 5 heteroatoms. The number of aliphatic hydroxyl groups is 1. The minimum atomic E-state index is -0.721. The highest BCUT2D eigenvalue weighted by Gasteiger charge is 2.50. The van der Waals surface area contributed by atoms with Crippen LogP contribution >= 0.6 is 0 Å². The van der Waals surface area contributed by atoms with Crippen LogP contribution in [0.5, 0.6) is 0 Å². The van der Waals surface area contributed by atoms with Gasteiger partial charge < -0.3 is 15.2 Å². The van der Waals surface area contributed by atoms with Crippen molar-refractivity contribution in [2.24, 2.45) is 0 Å². The van der Waals surface area contributed by atoms with Crippen molar-refractivity contribution in [2.45, 2.75) is 51.0 Å². The molecule has 3 aromatic rings. The van der Waals surface area contributed by atoms with Gasteiger partial charge in [-0.25, -0.2) is 0 Å². The van der Waals surface area contributed by atoms with E-state index in [2.05, 4.69) is 5.32 Å². The van der Waals surface area contributed by atoms with Gasteiger partial charge in [-0.2, -0.15) is 0 Å². The molecular formula is C26H23NO4. The molecule has 3 aliphatic rings. The van der Waals surface area contributed by atoms with E-state index in [1.165, 1.54) is 0 Å². The molecule has 0 saturated carbocycles. The highest BCUT2D eigenvalue weighted by molar-refractivity contribution is 6.33. The maximum atomic E-state index is 13.7. The summed E-state index contributed by atoms with van der Waals surface area (Å²) in [5.74, 6) is -0.304. The Morgan fingerprint density at radius 1 is 1.03 bits per heavy atom. The van der Waals surface area contributed by atoms with Gasteiger partial charge in [-0.3, -0.25) is 9.59 Å². The molecule has 31 heavy (non-hydrogen) atoms. The highest BCUT2D eigenvalue weighted by atomic mass is 16.5. The number of carbonyl (C=O) groups excluding carboxylic acids is 2. The van der Waals surface area contributed by atoms with Crippen molar-refractivity contribution >= 4 is 28.0 Å². The molecule has 6 rings (SSSR count). The fraction of sp³-hybridized carbons (Fsp3) is 0.308. The number of carbonyl (C=O) groups is 2. The van der Waals surface area contributed by atoms with E-state index in [1.54, 1.807) is 12.1 Å². The van der Waals surface area contributed by atoms with Crippen molar-refractivity contribution in [3.63, 3.8) is 0 Å². The van der Waals surface area contributed by atoms with Crippen LogP contribution in [0, 0.1) is 6.92 Å². The van der Waals surface area contributed by atoms with Gasteiger partial charge in [-0.05, 0) is 43.7 Å². The number of rotatable bonds is 0. The lowest BCUT2D eigenvalue weighted by Gasteiger charge is -2.51. The summed E-state index contributed by atoms with van der Waals surface area (Å²) in [6.45, 7) is 5.82. The number of hydrogen-bond donors (Lipinski definition) is 2. The van der Waals surface area contributed by atoms with Crippen LogP contribution in [-0.4, -0.2) is 34.4 Å². The lowest BCUT2D eigenvalue weighted by atomic mass is 9.73. The highest BCUT2D eigenvalue weighted by Crippen LogP contribution is 2.49. The summed E-state index contributed by atoms with van der Waals surface area (Å²) < 4.78 is 6.07. The third-order valence-corrected chi connectivity index (χ3v) is 7.20. The van der Waals surface area contributed by atoms with Crippen molar-refractivity contribution in [1.82, 2.24) is 0 Å². The average molecular weight is 413 g/mol. The molecule has 0 spiro atoms. The van der Waals surface area contributed by atoms with E-state index < -0.39 is 11.6 Å². The Morgan fingerprint density at radius 2 is 1.74 bits per heavy atom. The Balaban J connectivity index is 1.59. The molecule has 5 nitrogen and oxygen atoms in total. The fourth-order valence-electron chi connectivity index (χ4n) is 5.60.